The molecule has 3 aromatic rings. The van der Waals surface area contributed by atoms with Crippen molar-refractivity contribution in [3.05, 3.63) is 23.2 Å². The van der Waals surface area contributed by atoms with Gasteiger partial charge in [0, 0.05) is 36.1 Å². The van der Waals surface area contributed by atoms with Crippen LogP contribution in [-0.4, -0.2) is 35.6 Å². The lowest BCUT2D eigenvalue weighted by molar-refractivity contribution is 0.481. The molecule has 1 aromatic carbocycles. The second kappa shape index (κ2) is 5.00. The zero-order valence-corrected chi connectivity index (χ0v) is 12.9. The molecule has 0 amide bonds. The Morgan fingerprint density at radius 2 is 2.27 bits per heavy atom. The summed E-state index contributed by atoms with van der Waals surface area (Å²) in [6.45, 7) is 4.75. The number of anilines is 2. The highest BCUT2D eigenvalue weighted by atomic mass is 35.5. The highest BCUT2D eigenvalue weighted by molar-refractivity contribution is 6.31. The lowest BCUT2D eigenvalue weighted by atomic mass is 10.2. The van der Waals surface area contributed by atoms with Crippen LogP contribution in [0.3, 0.4) is 0 Å². The first-order valence-electron chi connectivity index (χ1n) is 7.25. The number of nitrogens with zero attached hydrogens (tertiary/aromatic N) is 3. The molecule has 1 aliphatic heterocycles. The smallest absolute Gasteiger partial charge is 0.222 e. The summed E-state index contributed by atoms with van der Waals surface area (Å²) in [5.41, 5.74) is 8.04. The van der Waals surface area contributed by atoms with E-state index < -0.39 is 0 Å². The zero-order valence-electron chi connectivity index (χ0n) is 12.1. The largest absolute Gasteiger partial charge is 0.450 e. The maximum Gasteiger partial charge on any atom is 0.222 e. The van der Waals surface area contributed by atoms with Gasteiger partial charge in [-0.05, 0) is 25.1 Å². The molecule has 4 rings (SSSR count). The van der Waals surface area contributed by atoms with Crippen molar-refractivity contribution in [3.63, 3.8) is 0 Å². The van der Waals surface area contributed by atoms with Gasteiger partial charge >= 0.3 is 0 Å². The quantitative estimate of drug-likeness (QED) is 0.717. The number of halogens is 1. The predicted octanol–water partition coefficient (Wildman–Crippen LogP) is 2.41. The summed E-state index contributed by atoms with van der Waals surface area (Å²) in [6.07, 6.45) is 0. The first-order valence-corrected chi connectivity index (χ1v) is 7.63. The summed E-state index contributed by atoms with van der Waals surface area (Å²) in [5, 5.41) is 4.92. The van der Waals surface area contributed by atoms with Crippen molar-refractivity contribution in [1.82, 2.24) is 15.3 Å². The number of hydrogen-bond acceptors (Lipinski definition) is 6. The van der Waals surface area contributed by atoms with Crippen LogP contribution in [0, 0.1) is 0 Å². The maximum atomic E-state index is 6.09. The van der Waals surface area contributed by atoms with E-state index in [9.17, 15) is 0 Å². The number of benzene rings is 1. The molecule has 22 heavy (non-hydrogen) atoms. The van der Waals surface area contributed by atoms with Crippen molar-refractivity contribution >= 4 is 45.4 Å². The van der Waals surface area contributed by atoms with E-state index in [1.54, 1.807) is 6.07 Å². The van der Waals surface area contributed by atoms with Gasteiger partial charge in [-0.1, -0.05) is 11.6 Å². The minimum absolute atomic E-state index is 0.247. The van der Waals surface area contributed by atoms with Gasteiger partial charge in [0.2, 0.25) is 5.95 Å². The van der Waals surface area contributed by atoms with Crippen molar-refractivity contribution in [3.8, 4) is 0 Å². The van der Waals surface area contributed by atoms with Crippen LogP contribution in [0.4, 0.5) is 11.8 Å². The minimum atomic E-state index is 0.247. The molecule has 0 aliphatic carbocycles. The molecule has 7 heteroatoms. The summed E-state index contributed by atoms with van der Waals surface area (Å²) in [4.78, 5) is 11.0. The average Bonchev–Trinajstić information content (AvgIpc) is 2.84. The van der Waals surface area contributed by atoms with E-state index in [1.807, 2.05) is 12.1 Å². The average molecular weight is 318 g/mol. The van der Waals surface area contributed by atoms with E-state index in [4.69, 9.17) is 21.8 Å². The summed E-state index contributed by atoms with van der Waals surface area (Å²) in [6, 6.07) is 5.88. The Kier molecular flexibility index (Phi) is 3.09. The van der Waals surface area contributed by atoms with Gasteiger partial charge < -0.3 is 20.4 Å². The molecule has 1 aliphatic rings. The molecule has 3 N–H and O–H groups in total. The fourth-order valence-electron chi connectivity index (χ4n) is 2.96. The third kappa shape index (κ3) is 2.15. The Balaban J connectivity index is 1.96. The molecular formula is C15H16ClN5O. The first-order chi connectivity index (χ1) is 10.6. The Bertz CT molecular complexity index is 862. The molecule has 1 fully saturated rings. The number of hydrogen-bond donors (Lipinski definition) is 2. The van der Waals surface area contributed by atoms with E-state index in [0.29, 0.717) is 22.2 Å². The predicted molar refractivity (Wildman–Crippen MR) is 88.4 cm³/mol. The zero-order chi connectivity index (χ0) is 15.3. The van der Waals surface area contributed by atoms with Gasteiger partial charge in [0.1, 0.15) is 11.1 Å². The van der Waals surface area contributed by atoms with Gasteiger partial charge in [0.15, 0.2) is 11.4 Å². The highest BCUT2D eigenvalue weighted by Crippen LogP contribution is 2.34. The fraction of sp³-hybridized carbons (Fsp3) is 0.333. The van der Waals surface area contributed by atoms with Crippen LogP contribution in [0.25, 0.3) is 22.1 Å². The van der Waals surface area contributed by atoms with Gasteiger partial charge in [-0.3, -0.25) is 0 Å². The Morgan fingerprint density at radius 3 is 3.09 bits per heavy atom. The number of rotatable bonds is 1. The molecule has 2 aromatic heterocycles. The van der Waals surface area contributed by atoms with Gasteiger partial charge in [-0.25, -0.2) is 4.98 Å². The molecule has 0 radical (unpaired) electrons. The lowest BCUT2D eigenvalue weighted by Gasteiger charge is -2.32. The number of furan rings is 1. The van der Waals surface area contributed by atoms with Crippen molar-refractivity contribution in [2.45, 2.75) is 13.0 Å². The summed E-state index contributed by atoms with van der Waals surface area (Å²) >= 11 is 6.09. The van der Waals surface area contributed by atoms with Crippen LogP contribution in [0.15, 0.2) is 22.6 Å². The van der Waals surface area contributed by atoms with Crippen molar-refractivity contribution in [1.29, 1.82) is 0 Å². The summed E-state index contributed by atoms with van der Waals surface area (Å²) < 4.78 is 5.98. The first kappa shape index (κ1) is 13.6. The number of aromatic nitrogens is 2. The van der Waals surface area contributed by atoms with Gasteiger partial charge in [-0.15, -0.1) is 0 Å². The van der Waals surface area contributed by atoms with Gasteiger partial charge in [0.05, 0.1) is 0 Å². The van der Waals surface area contributed by atoms with Crippen LogP contribution in [0.2, 0.25) is 5.02 Å². The molecule has 1 saturated heterocycles. The van der Waals surface area contributed by atoms with E-state index in [0.717, 1.165) is 36.4 Å². The molecule has 114 valence electrons. The maximum absolute atomic E-state index is 6.09. The van der Waals surface area contributed by atoms with Crippen LogP contribution < -0.4 is 16.0 Å². The molecule has 0 unspecified atom stereocenters. The van der Waals surface area contributed by atoms with Crippen LogP contribution >= 0.6 is 11.6 Å². The second-order valence-electron chi connectivity index (χ2n) is 5.63. The Morgan fingerprint density at radius 1 is 1.41 bits per heavy atom. The normalized spacial score (nSPS) is 19.2. The lowest BCUT2D eigenvalue weighted by Crippen LogP contribution is -2.49. The van der Waals surface area contributed by atoms with E-state index in [2.05, 4.69) is 27.1 Å². The Labute approximate surface area is 132 Å². The molecular weight excluding hydrogens is 302 g/mol. The molecule has 1 atom stereocenters. The highest BCUT2D eigenvalue weighted by Gasteiger charge is 2.23. The topological polar surface area (TPSA) is 80.2 Å². The molecule has 0 bridgehead atoms. The molecule has 6 nitrogen and oxygen atoms in total. The summed E-state index contributed by atoms with van der Waals surface area (Å²) in [7, 11) is 0. The molecule has 3 heterocycles. The third-order valence-electron chi connectivity index (χ3n) is 3.94. The number of nitrogens with two attached hydrogens (primary N) is 1. The van der Waals surface area contributed by atoms with Crippen LogP contribution in [0.1, 0.15) is 6.92 Å². The van der Waals surface area contributed by atoms with Crippen molar-refractivity contribution < 1.29 is 4.42 Å². The third-order valence-corrected chi connectivity index (χ3v) is 4.18. The van der Waals surface area contributed by atoms with Crippen LogP contribution in [-0.2, 0) is 0 Å². The van der Waals surface area contributed by atoms with E-state index in [1.165, 1.54) is 0 Å². The van der Waals surface area contributed by atoms with Gasteiger partial charge in [-0.2, -0.15) is 4.98 Å². The number of piperazine rings is 1. The molecule has 0 saturated carbocycles. The number of nitrogen functional groups attached to an aromatic ring is 1. The molecule has 0 spiro atoms. The van der Waals surface area contributed by atoms with Crippen molar-refractivity contribution in [2.24, 2.45) is 0 Å². The second-order valence-corrected chi connectivity index (χ2v) is 6.06. The Hall–Kier alpha value is -2.05. The minimum Gasteiger partial charge on any atom is -0.450 e. The van der Waals surface area contributed by atoms with E-state index in [-0.39, 0.29) is 5.95 Å². The van der Waals surface area contributed by atoms with E-state index >= 15 is 0 Å². The van der Waals surface area contributed by atoms with Crippen LogP contribution in [0.5, 0.6) is 0 Å². The standard InChI is InChI=1S/C15H16ClN5O/c1-8-7-21(5-4-18-8)14-13-12(19-15(17)20-14)10-6-9(16)2-3-11(10)22-13/h2-3,6,8,18H,4-5,7H2,1H3,(H2,17,19,20)/t8-/m1/s1. The fourth-order valence-corrected chi connectivity index (χ4v) is 3.13. The summed E-state index contributed by atoms with van der Waals surface area (Å²) in [5.74, 6) is 1.000. The van der Waals surface area contributed by atoms with Crippen molar-refractivity contribution in [2.75, 3.05) is 30.3 Å². The SMILES string of the molecule is C[C@@H]1CN(c2nc(N)nc3c2oc2ccc(Cl)cc23)CCN1. The van der Waals surface area contributed by atoms with Gasteiger partial charge in [0.25, 0.3) is 0 Å². The number of fused-ring (bicyclic) bond motifs is 3. The number of nitrogens with one attached hydrogen (secondary N) is 1. The monoisotopic (exact) mass is 317 g/mol.